The molecule has 0 fully saturated rings. The summed E-state index contributed by atoms with van der Waals surface area (Å²) in [5, 5.41) is 26.0. The van der Waals surface area contributed by atoms with Crippen LogP contribution in [0.25, 0.3) is 11.1 Å². The van der Waals surface area contributed by atoms with Crippen molar-refractivity contribution in [1.29, 1.82) is 0 Å². The molecule has 11 heteroatoms. The first-order valence-corrected chi connectivity index (χ1v) is 12.7. The molecule has 3 aromatic carbocycles. The lowest BCUT2D eigenvalue weighted by Gasteiger charge is -2.18. The molecule has 0 aromatic heterocycles. The Kier molecular flexibility index (Phi) is 10.5. The number of carbonyl (C=O) groups is 3. The van der Waals surface area contributed by atoms with E-state index in [1.807, 2.05) is 44.2 Å². The zero-order valence-electron chi connectivity index (χ0n) is 20.3. The molecular formula is C26H29N3O7S. The van der Waals surface area contributed by atoms with Crippen LogP contribution in [-0.4, -0.2) is 43.0 Å². The normalized spacial score (nSPS) is 12.4. The predicted octanol–water partition coefficient (Wildman–Crippen LogP) is 2.68. The van der Waals surface area contributed by atoms with E-state index in [1.54, 1.807) is 12.1 Å². The maximum absolute atomic E-state index is 12.4. The van der Waals surface area contributed by atoms with Crippen molar-refractivity contribution in [3.63, 3.8) is 0 Å². The lowest BCUT2D eigenvalue weighted by Crippen LogP contribution is -2.36. The molecule has 1 amide bonds. The quantitative estimate of drug-likeness (QED) is 0.278. The number of benzene rings is 3. The van der Waals surface area contributed by atoms with Crippen LogP contribution in [0.5, 0.6) is 0 Å². The van der Waals surface area contributed by atoms with Crippen molar-refractivity contribution in [3.8, 4) is 11.1 Å². The van der Waals surface area contributed by atoms with Crippen LogP contribution in [0.3, 0.4) is 0 Å². The van der Waals surface area contributed by atoms with Crippen molar-refractivity contribution in [3.05, 3.63) is 90.0 Å². The Balaban J connectivity index is 0.000000717. The number of carbonyl (C=O) groups excluding carboxylic acids is 1. The molecule has 0 saturated carbocycles. The minimum Gasteiger partial charge on any atom is -0.473 e. The second kappa shape index (κ2) is 13.3. The van der Waals surface area contributed by atoms with Gasteiger partial charge in [-0.25, -0.2) is 23.1 Å². The number of hydrogen-bond acceptors (Lipinski definition) is 6. The van der Waals surface area contributed by atoms with Crippen LogP contribution < -0.4 is 15.8 Å². The number of rotatable bonds is 8. The molecule has 3 aromatic rings. The van der Waals surface area contributed by atoms with E-state index in [-0.39, 0.29) is 29.4 Å². The van der Waals surface area contributed by atoms with E-state index in [9.17, 15) is 13.2 Å². The minimum absolute atomic E-state index is 0.0632. The standard InChI is InChI=1S/C24H27N3O3S.C2H2O4/c1-17(19-12-14-23(15-13-19)31(25,29)30)26-16-24(28)27-18(2)20-8-10-22(11-9-20)21-6-4-3-5-7-21;3-1(4)2(5)6/h3-15,17-18,26H,16H2,1-2H3,(H,27,28)(H2,25,29,30);(H,3,4)(H,5,6). The molecule has 0 aliphatic rings. The molecule has 0 aliphatic heterocycles. The number of amides is 1. The van der Waals surface area contributed by atoms with Crippen LogP contribution >= 0.6 is 0 Å². The maximum Gasteiger partial charge on any atom is 0.414 e. The smallest absolute Gasteiger partial charge is 0.414 e. The highest BCUT2D eigenvalue weighted by Crippen LogP contribution is 2.22. The van der Waals surface area contributed by atoms with E-state index in [0.717, 1.165) is 22.3 Å². The van der Waals surface area contributed by atoms with E-state index < -0.39 is 22.0 Å². The fourth-order valence-corrected chi connectivity index (χ4v) is 3.80. The van der Waals surface area contributed by atoms with Gasteiger partial charge in [0.05, 0.1) is 17.5 Å². The van der Waals surface area contributed by atoms with Gasteiger partial charge in [0.25, 0.3) is 0 Å². The number of nitrogens with two attached hydrogens (primary N) is 1. The Morgan fingerprint density at radius 2 is 1.22 bits per heavy atom. The van der Waals surface area contributed by atoms with Crippen molar-refractivity contribution in [2.75, 3.05) is 6.54 Å². The predicted molar refractivity (Wildman–Crippen MR) is 138 cm³/mol. The summed E-state index contributed by atoms with van der Waals surface area (Å²) in [5.41, 5.74) is 4.18. The van der Waals surface area contributed by atoms with Crippen LogP contribution in [0.1, 0.15) is 37.1 Å². The van der Waals surface area contributed by atoms with Gasteiger partial charge in [-0.1, -0.05) is 66.7 Å². The first-order valence-electron chi connectivity index (χ1n) is 11.2. The minimum atomic E-state index is -3.71. The van der Waals surface area contributed by atoms with Gasteiger partial charge in [0.2, 0.25) is 15.9 Å². The van der Waals surface area contributed by atoms with E-state index >= 15 is 0 Å². The number of carboxylic acids is 2. The second-order valence-corrected chi connectivity index (χ2v) is 9.67. The number of carboxylic acid groups (broad SMARTS) is 2. The van der Waals surface area contributed by atoms with Crippen molar-refractivity contribution >= 4 is 27.9 Å². The number of aliphatic carboxylic acids is 2. The monoisotopic (exact) mass is 527 g/mol. The molecule has 2 unspecified atom stereocenters. The third kappa shape index (κ3) is 9.49. The van der Waals surface area contributed by atoms with Crippen molar-refractivity contribution < 1.29 is 33.0 Å². The van der Waals surface area contributed by atoms with Gasteiger partial charge in [-0.3, -0.25) is 4.79 Å². The van der Waals surface area contributed by atoms with Gasteiger partial charge in [-0.05, 0) is 48.2 Å². The Morgan fingerprint density at radius 3 is 1.70 bits per heavy atom. The van der Waals surface area contributed by atoms with Crippen LogP contribution in [0, 0.1) is 0 Å². The molecule has 196 valence electrons. The molecule has 0 radical (unpaired) electrons. The highest BCUT2D eigenvalue weighted by Gasteiger charge is 2.13. The molecule has 0 saturated heterocycles. The van der Waals surface area contributed by atoms with Crippen molar-refractivity contribution in [2.24, 2.45) is 5.14 Å². The highest BCUT2D eigenvalue weighted by molar-refractivity contribution is 7.89. The SMILES string of the molecule is CC(NCC(=O)NC(C)c1ccc(-c2ccccc2)cc1)c1ccc(S(N)(=O)=O)cc1.O=C(O)C(=O)O. The van der Waals surface area contributed by atoms with Gasteiger partial charge < -0.3 is 20.8 Å². The summed E-state index contributed by atoms with van der Waals surface area (Å²) in [6.07, 6.45) is 0. The van der Waals surface area contributed by atoms with E-state index in [2.05, 4.69) is 34.9 Å². The Bertz CT molecular complexity index is 1300. The zero-order chi connectivity index (χ0) is 27.6. The molecule has 6 N–H and O–H groups in total. The van der Waals surface area contributed by atoms with Gasteiger partial charge in [-0.15, -0.1) is 0 Å². The summed E-state index contributed by atoms with van der Waals surface area (Å²) < 4.78 is 22.7. The molecule has 3 rings (SSSR count). The Hall–Kier alpha value is -4.06. The van der Waals surface area contributed by atoms with Crippen molar-refractivity contribution in [1.82, 2.24) is 10.6 Å². The average Bonchev–Trinajstić information content (AvgIpc) is 2.87. The van der Waals surface area contributed by atoms with Crippen LogP contribution in [-0.2, 0) is 24.4 Å². The van der Waals surface area contributed by atoms with Gasteiger partial charge in [0, 0.05) is 6.04 Å². The fraction of sp³-hybridized carbons (Fsp3) is 0.192. The fourth-order valence-electron chi connectivity index (χ4n) is 3.28. The second-order valence-electron chi connectivity index (χ2n) is 8.10. The summed E-state index contributed by atoms with van der Waals surface area (Å²) in [7, 11) is -3.71. The van der Waals surface area contributed by atoms with E-state index in [1.165, 1.54) is 12.1 Å². The average molecular weight is 528 g/mol. The third-order valence-corrected chi connectivity index (χ3v) is 6.28. The Morgan fingerprint density at radius 1 is 0.757 bits per heavy atom. The maximum atomic E-state index is 12.4. The summed E-state index contributed by atoms with van der Waals surface area (Å²) in [6, 6.07) is 24.3. The molecule has 0 heterocycles. The van der Waals surface area contributed by atoms with E-state index in [0.29, 0.717) is 0 Å². The number of primary sulfonamides is 1. The molecule has 0 bridgehead atoms. The zero-order valence-corrected chi connectivity index (χ0v) is 21.1. The lowest BCUT2D eigenvalue weighted by molar-refractivity contribution is -0.159. The van der Waals surface area contributed by atoms with Crippen molar-refractivity contribution in [2.45, 2.75) is 30.8 Å². The molecule has 0 spiro atoms. The van der Waals surface area contributed by atoms with Crippen LogP contribution in [0.2, 0.25) is 0 Å². The molecule has 2 atom stereocenters. The van der Waals surface area contributed by atoms with Crippen LogP contribution in [0.15, 0.2) is 83.8 Å². The highest BCUT2D eigenvalue weighted by atomic mass is 32.2. The van der Waals surface area contributed by atoms with Gasteiger partial charge in [-0.2, -0.15) is 0 Å². The summed E-state index contributed by atoms with van der Waals surface area (Å²) in [4.78, 5) is 30.6. The summed E-state index contributed by atoms with van der Waals surface area (Å²) >= 11 is 0. The summed E-state index contributed by atoms with van der Waals surface area (Å²) in [5.74, 6) is -3.77. The number of hydrogen-bond donors (Lipinski definition) is 5. The molecule has 10 nitrogen and oxygen atoms in total. The van der Waals surface area contributed by atoms with Crippen LogP contribution in [0.4, 0.5) is 0 Å². The first kappa shape index (κ1) is 29.2. The summed E-state index contributed by atoms with van der Waals surface area (Å²) in [6.45, 7) is 4.00. The first-order chi connectivity index (χ1) is 17.4. The third-order valence-electron chi connectivity index (χ3n) is 5.36. The number of nitrogens with one attached hydrogen (secondary N) is 2. The largest absolute Gasteiger partial charge is 0.473 e. The topological polar surface area (TPSA) is 176 Å². The lowest BCUT2D eigenvalue weighted by atomic mass is 10.0. The van der Waals surface area contributed by atoms with Gasteiger partial charge >= 0.3 is 11.9 Å². The van der Waals surface area contributed by atoms with Gasteiger partial charge in [0.1, 0.15) is 0 Å². The molecule has 0 aliphatic carbocycles. The van der Waals surface area contributed by atoms with Gasteiger partial charge in [0.15, 0.2) is 0 Å². The molecular weight excluding hydrogens is 498 g/mol. The molecule has 37 heavy (non-hydrogen) atoms. The number of sulfonamides is 1. The Labute approximate surface area is 215 Å². The van der Waals surface area contributed by atoms with E-state index in [4.69, 9.17) is 24.9 Å².